The van der Waals surface area contributed by atoms with Crippen molar-refractivity contribution in [3.63, 3.8) is 0 Å². The number of halogens is 1. The second kappa shape index (κ2) is 5.04. The first-order valence-electron chi connectivity index (χ1n) is 6.84. The van der Waals surface area contributed by atoms with Gasteiger partial charge in [-0.05, 0) is 53.4 Å². The van der Waals surface area contributed by atoms with Crippen molar-refractivity contribution in [2.75, 3.05) is 0 Å². The van der Waals surface area contributed by atoms with Gasteiger partial charge >= 0.3 is 0 Å². The third-order valence-electron chi connectivity index (χ3n) is 3.70. The zero-order valence-corrected chi connectivity index (χ0v) is 12.4. The van der Waals surface area contributed by atoms with E-state index >= 15 is 0 Å². The van der Waals surface area contributed by atoms with Gasteiger partial charge in [0, 0.05) is 34.4 Å². The van der Waals surface area contributed by atoms with E-state index in [1.54, 1.807) is 18.0 Å². The van der Waals surface area contributed by atoms with Crippen molar-refractivity contribution in [1.29, 1.82) is 0 Å². The van der Waals surface area contributed by atoms with Gasteiger partial charge in [-0.3, -0.25) is 0 Å². The van der Waals surface area contributed by atoms with Crippen LogP contribution in [0.2, 0.25) is 0 Å². The topological polar surface area (TPSA) is 24.9 Å². The molecule has 1 N–H and O–H groups in total. The van der Waals surface area contributed by atoms with Gasteiger partial charge in [0.2, 0.25) is 0 Å². The van der Waals surface area contributed by atoms with Crippen molar-refractivity contribution in [2.24, 2.45) is 0 Å². The Morgan fingerprint density at radius 3 is 3.05 bits per heavy atom. The monoisotopic (exact) mass is 306 g/mol. The minimum atomic E-state index is -0.283. The molecule has 0 unspecified atom stereocenters. The molecular formula is C18H11FN2S. The third-order valence-corrected chi connectivity index (χ3v) is 4.62. The molecule has 2 heterocycles. The molecule has 22 heavy (non-hydrogen) atoms. The molecule has 0 aliphatic carbocycles. The molecule has 4 rings (SSSR count). The van der Waals surface area contributed by atoms with E-state index in [1.165, 1.54) is 12.1 Å². The van der Waals surface area contributed by atoms with Crippen LogP contribution in [0.4, 0.5) is 4.39 Å². The molecule has 0 bridgehead atoms. The van der Waals surface area contributed by atoms with Crippen LogP contribution in [0.15, 0.2) is 41.4 Å². The highest BCUT2D eigenvalue weighted by Gasteiger charge is 2.15. The van der Waals surface area contributed by atoms with Crippen LogP contribution in [0, 0.1) is 18.2 Å². The number of nitrogens with zero attached hydrogens (tertiary/aromatic N) is 1. The predicted molar refractivity (Wildman–Crippen MR) is 89.8 cm³/mol. The average Bonchev–Trinajstić information content (AvgIpc) is 2.54. The molecule has 0 saturated heterocycles. The Labute approximate surface area is 131 Å². The Hall–Kier alpha value is -2.51. The van der Waals surface area contributed by atoms with Gasteiger partial charge in [-0.2, -0.15) is 0 Å². The molecule has 1 aliphatic rings. The summed E-state index contributed by atoms with van der Waals surface area (Å²) in [6.45, 7) is 0. The van der Waals surface area contributed by atoms with Crippen molar-refractivity contribution >= 4 is 39.8 Å². The van der Waals surface area contributed by atoms with Crippen LogP contribution >= 0.6 is 11.9 Å². The maximum absolute atomic E-state index is 13.5. The highest BCUT2D eigenvalue weighted by atomic mass is 32.2. The summed E-state index contributed by atoms with van der Waals surface area (Å²) in [5.41, 5.74) is 3.62. The van der Waals surface area contributed by atoms with Gasteiger partial charge in [-0.25, -0.2) is 9.37 Å². The van der Waals surface area contributed by atoms with Crippen molar-refractivity contribution in [2.45, 2.75) is 11.3 Å². The summed E-state index contributed by atoms with van der Waals surface area (Å²) in [4.78, 5) is 5.79. The Bertz CT molecular complexity index is 986. The number of rotatable bonds is 1. The van der Waals surface area contributed by atoms with Crippen molar-refractivity contribution < 1.29 is 4.39 Å². The van der Waals surface area contributed by atoms with E-state index in [1.807, 2.05) is 12.3 Å². The normalized spacial score (nSPS) is 12.9. The first-order valence-corrected chi connectivity index (χ1v) is 7.66. The molecule has 106 valence electrons. The average molecular weight is 306 g/mol. The lowest BCUT2D eigenvalue weighted by Gasteiger charge is -2.16. The van der Waals surface area contributed by atoms with E-state index in [0.29, 0.717) is 11.9 Å². The van der Waals surface area contributed by atoms with Gasteiger partial charge < -0.3 is 4.72 Å². The maximum atomic E-state index is 13.5. The molecule has 1 aromatic heterocycles. The second-order valence-corrected chi connectivity index (χ2v) is 5.96. The maximum Gasteiger partial charge on any atom is 0.125 e. The van der Waals surface area contributed by atoms with Crippen LogP contribution in [0.5, 0.6) is 0 Å². The Balaban J connectivity index is 2.14. The molecule has 4 heteroatoms. The Morgan fingerprint density at radius 1 is 1.27 bits per heavy atom. The van der Waals surface area contributed by atoms with E-state index in [4.69, 9.17) is 6.42 Å². The molecule has 0 radical (unpaired) electrons. The quantitative estimate of drug-likeness (QED) is 0.412. The number of terminal acetylenes is 1. The first kappa shape index (κ1) is 13.2. The fourth-order valence-electron chi connectivity index (χ4n) is 2.73. The van der Waals surface area contributed by atoms with Crippen molar-refractivity contribution in [1.82, 2.24) is 9.71 Å². The van der Waals surface area contributed by atoms with Gasteiger partial charge in [0.15, 0.2) is 0 Å². The summed E-state index contributed by atoms with van der Waals surface area (Å²) in [7, 11) is 0. The molecule has 0 atom stereocenters. The van der Waals surface area contributed by atoms with Gasteiger partial charge in [0.05, 0.1) is 11.0 Å². The Morgan fingerprint density at radius 2 is 2.18 bits per heavy atom. The second-order valence-electron chi connectivity index (χ2n) is 5.11. The van der Waals surface area contributed by atoms with Crippen LogP contribution in [0.25, 0.3) is 27.9 Å². The molecule has 0 spiro atoms. The lowest BCUT2D eigenvalue weighted by Crippen LogP contribution is -2.02. The fraction of sp³-hybridized carbons (Fsp3) is 0.0556. The molecule has 0 fully saturated rings. The molecular weight excluding hydrogens is 295 g/mol. The SMILES string of the molecule is C#CCc1cc2c(c3cc4ccc(F)cc4nc13)SNC=C2. The summed E-state index contributed by atoms with van der Waals surface area (Å²) in [6.07, 6.45) is 9.93. The minimum absolute atomic E-state index is 0.283. The van der Waals surface area contributed by atoms with Crippen LogP contribution in [0.3, 0.4) is 0 Å². The van der Waals surface area contributed by atoms with Crippen molar-refractivity contribution in [3.05, 3.63) is 53.5 Å². The van der Waals surface area contributed by atoms with E-state index < -0.39 is 0 Å². The fourth-order valence-corrected chi connectivity index (χ4v) is 3.50. The summed E-state index contributed by atoms with van der Waals surface area (Å²) >= 11 is 1.55. The summed E-state index contributed by atoms with van der Waals surface area (Å²) in [5, 5.41) is 1.97. The van der Waals surface area contributed by atoms with Gasteiger partial charge in [-0.15, -0.1) is 12.3 Å². The van der Waals surface area contributed by atoms with Crippen LogP contribution in [0.1, 0.15) is 11.1 Å². The molecule has 0 saturated carbocycles. The number of pyridine rings is 1. The van der Waals surface area contributed by atoms with E-state index in [-0.39, 0.29) is 5.82 Å². The number of nitrogens with one attached hydrogen (secondary N) is 1. The van der Waals surface area contributed by atoms with E-state index in [0.717, 1.165) is 32.3 Å². The highest BCUT2D eigenvalue weighted by Crippen LogP contribution is 2.36. The smallest absolute Gasteiger partial charge is 0.125 e. The number of hydrogen-bond donors (Lipinski definition) is 1. The number of benzene rings is 2. The summed E-state index contributed by atoms with van der Waals surface area (Å²) in [6, 6.07) is 8.80. The zero-order chi connectivity index (χ0) is 15.1. The van der Waals surface area contributed by atoms with Gasteiger partial charge in [0.25, 0.3) is 0 Å². The Kier molecular flexibility index (Phi) is 3.02. The lowest BCUT2D eigenvalue weighted by atomic mass is 10.0. The number of hydrogen-bond acceptors (Lipinski definition) is 3. The van der Waals surface area contributed by atoms with Crippen LogP contribution in [-0.2, 0) is 6.42 Å². The zero-order valence-electron chi connectivity index (χ0n) is 11.6. The predicted octanol–water partition coefficient (Wildman–Crippen LogP) is 4.28. The summed E-state index contributed by atoms with van der Waals surface area (Å²) in [5.74, 6) is 2.40. The minimum Gasteiger partial charge on any atom is -0.332 e. The van der Waals surface area contributed by atoms with Crippen LogP contribution in [-0.4, -0.2) is 4.98 Å². The molecule has 3 aromatic rings. The van der Waals surface area contributed by atoms with Gasteiger partial charge in [-0.1, -0.05) is 0 Å². The summed E-state index contributed by atoms with van der Waals surface area (Å²) < 4.78 is 16.6. The standard InChI is InChI=1S/C18H11FN2S/c1-2-3-12-8-13-6-7-20-22-18(13)15-9-11-4-5-14(19)10-16(11)21-17(12)15/h1,4-10,20H,3H2. The van der Waals surface area contributed by atoms with E-state index in [2.05, 4.69) is 27.8 Å². The molecule has 1 aliphatic heterocycles. The third kappa shape index (κ3) is 2.02. The van der Waals surface area contributed by atoms with E-state index in [9.17, 15) is 4.39 Å². The lowest BCUT2D eigenvalue weighted by molar-refractivity contribution is 0.629. The molecule has 2 nitrogen and oxygen atoms in total. The van der Waals surface area contributed by atoms with Crippen LogP contribution < -0.4 is 4.72 Å². The molecule has 0 amide bonds. The largest absolute Gasteiger partial charge is 0.332 e. The number of fused-ring (bicyclic) bond motifs is 4. The number of aromatic nitrogens is 1. The van der Waals surface area contributed by atoms with Crippen molar-refractivity contribution in [3.8, 4) is 12.3 Å². The first-order chi connectivity index (χ1) is 10.8. The molecule has 2 aromatic carbocycles. The highest BCUT2D eigenvalue weighted by molar-refractivity contribution is 7.97. The van der Waals surface area contributed by atoms with Gasteiger partial charge in [0.1, 0.15) is 5.82 Å².